The summed E-state index contributed by atoms with van der Waals surface area (Å²) in [4.78, 5) is 78.4. The molecule has 2 saturated carbocycles. The molecule has 0 atom stereocenters. The SMILES string of the molecule is CC(=O)N1Cc2[nH]nc(C(=O)N3CCC(c4ccc(F)c(F)c4C(F)(F)F)CC3)c2C1.CC(C)(C)CN1Cc2[nH]nc(C(=O)N3CCC(c4ccc(F)c(F)c4C(F)(F)F)CC3)c2C1.O=C(c1n[nH]c2c1CN(C1CCC1)C2)N1CCC(c2ccc(F)c(F)c2C(F)(F)F)CC1.O=C(c1n[nH]c2c1CN(CC1CC1)C2)N1CCC(c2ccc(F)c(F)c2C(F)(F)F)CC1. The van der Waals surface area contributed by atoms with E-state index in [2.05, 4.69) is 76.3 Å². The molecule has 0 bridgehead atoms. The molecule has 8 aliphatic heterocycles. The van der Waals surface area contributed by atoms with Gasteiger partial charge in [-0.1, -0.05) is 51.5 Å². The highest BCUT2D eigenvalue weighted by atomic mass is 19.4. The molecule has 128 heavy (non-hydrogen) atoms. The number of hydrogen-bond acceptors (Lipinski definition) is 12. The number of halogens is 20. The Morgan fingerprint density at radius 3 is 0.906 bits per heavy atom. The maximum absolute atomic E-state index is 14.0. The number of amides is 5. The Bertz CT molecular complexity index is 5500. The number of piperidine rings is 4. The van der Waals surface area contributed by atoms with Gasteiger partial charge in [-0.3, -0.25) is 59.1 Å². The monoisotopic (exact) mass is 1820 g/mol. The van der Waals surface area contributed by atoms with Crippen LogP contribution in [-0.2, 0) is 81.9 Å². The predicted molar refractivity (Wildman–Crippen MR) is 419 cm³/mol. The predicted octanol–water partition coefficient (Wildman–Crippen LogP) is 17.7. The third-order valence-electron chi connectivity index (χ3n) is 26.0. The number of rotatable bonds is 12. The van der Waals surface area contributed by atoms with Crippen molar-refractivity contribution in [3.63, 3.8) is 0 Å². The Balaban J connectivity index is 0.000000131. The number of aromatic amines is 4. The van der Waals surface area contributed by atoms with Crippen LogP contribution in [0.3, 0.4) is 0 Å². The molecule has 6 fully saturated rings. The number of nitrogens with one attached hydrogen (secondary N) is 4. The van der Waals surface area contributed by atoms with Crippen molar-refractivity contribution in [2.45, 2.75) is 218 Å². The van der Waals surface area contributed by atoms with Gasteiger partial charge in [-0.25, -0.2) is 35.1 Å². The fourth-order valence-corrected chi connectivity index (χ4v) is 19.2. The largest absolute Gasteiger partial charge is 0.419 e. The number of carbonyl (C=O) groups is 5. The van der Waals surface area contributed by atoms with Crippen molar-refractivity contribution in [2.75, 3.05) is 65.4 Å². The van der Waals surface area contributed by atoms with Crippen LogP contribution in [-0.4, -0.2) is 181 Å². The van der Waals surface area contributed by atoms with Gasteiger partial charge in [-0.2, -0.15) is 73.1 Å². The normalized spacial score (nSPS) is 19.0. The van der Waals surface area contributed by atoms with E-state index in [0.717, 1.165) is 108 Å². The van der Waals surface area contributed by atoms with Crippen molar-refractivity contribution in [3.8, 4) is 0 Å². The highest BCUT2D eigenvalue weighted by molar-refractivity contribution is 5.96. The van der Waals surface area contributed by atoms with Crippen LogP contribution in [0.4, 0.5) is 87.8 Å². The van der Waals surface area contributed by atoms with Crippen LogP contribution in [0, 0.1) is 57.9 Å². The summed E-state index contributed by atoms with van der Waals surface area (Å²) in [5.41, 5.74) is 0.965. The average Bonchev–Trinajstić information content (AvgIpc) is 1.75. The van der Waals surface area contributed by atoms with E-state index in [1.165, 1.54) is 43.9 Å². The lowest BCUT2D eigenvalue weighted by Gasteiger charge is -2.34. The molecule has 4 N–H and O–H groups in total. The maximum Gasteiger partial charge on any atom is 0.419 e. The Labute approximate surface area is 720 Å². The Hall–Kier alpha value is -10.5. The summed E-state index contributed by atoms with van der Waals surface area (Å²) in [7, 11) is 0. The van der Waals surface area contributed by atoms with E-state index in [0.29, 0.717) is 73.2 Å². The molecule has 18 rings (SSSR count). The number of alkyl halides is 12. The molecular formula is C87H92F20N16O5. The van der Waals surface area contributed by atoms with Gasteiger partial charge in [0.2, 0.25) is 5.91 Å². The van der Waals surface area contributed by atoms with Crippen molar-refractivity contribution in [1.82, 2.24) is 80.0 Å². The van der Waals surface area contributed by atoms with E-state index in [-0.39, 0.29) is 173 Å². The molecule has 41 heteroatoms. The van der Waals surface area contributed by atoms with Crippen molar-refractivity contribution < 1.29 is 112 Å². The van der Waals surface area contributed by atoms with Crippen LogP contribution in [0.15, 0.2) is 48.5 Å². The zero-order chi connectivity index (χ0) is 91.9. The van der Waals surface area contributed by atoms with Crippen LogP contribution in [0.1, 0.15) is 266 Å². The lowest BCUT2D eigenvalue weighted by Crippen LogP contribution is -2.39. The first kappa shape index (κ1) is 92.3. The van der Waals surface area contributed by atoms with E-state index in [1.807, 2.05) is 0 Å². The van der Waals surface area contributed by atoms with Crippen molar-refractivity contribution in [2.24, 2.45) is 11.3 Å². The number of nitrogens with zero attached hydrogens (tertiary/aromatic N) is 12. The van der Waals surface area contributed by atoms with Gasteiger partial charge in [0.15, 0.2) is 69.3 Å². The molecule has 0 radical (unpaired) electrons. The van der Waals surface area contributed by atoms with E-state index < -0.39 is 117 Å². The summed E-state index contributed by atoms with van der Waals surface area (Å²) in [6.45, 7) is 16.1. The second-order valence-electron chi connectivity index (χ2n) is 35.9. The first-order valence-electron chi connectivity index (χ1n) is 42.4. The van der Waals surface area contributed by atoms with E-state index in [9.17, 15) is 112 Å². The zero-order valence-electron chi connectivity index (χ0n) is 70.0. The third-order valence-corrected chi connectivity index (χ3v) is 26.0. The first-order chi connectivity index (χ1) is 60.4. The van der Waals surface area contributed by atoms with Crippen molar-refractivity contribution in [1.29, 1.82) is 0 Å². The molecule has 5 amide bonds. The first-order valence-corrected chi connectivity index (χ1v) is 42.4. The van der Waals surface area contributed by atoms with Gasteiger partial charge in [-0.15, -0.1) is 0 Å². The molecule has 10 aliphatic rings. The summed E-state index contributed by atoms with van der Waals surface area (Å²) in [5.74, 6) is -16.6. The fraction of sp³-hybridized carbons (Fsp3) is 0.529. The van der Waals surface area contributed by atoms with Crippen LogP contribution in [0.2, 0.25) is 0 Å². The lowest BCUT2D eigenvalue weighted by atomic mass is 9.86. The van der Waals surface area contributed by atoms with E-state index >= 15 is 0 Å². The molecule has 2 aliphatic carbocycles. The molecule has 12 heterocycles. The summed E-state index contributed by atoms with van der Waals surface area (Å²) in [6, 6.07) is 7.45. The Morgan fingerprint density at radius 2 is 0.625 bits per heavy atom. The Morgan fingerprint density at radius 1 is 0.344 bits per heavy atom. The highest BCUT2D eigenvalue weighted by Gasteiger charge is 2.48. The van der Waals surface area contributed by atoms with Gasteiger partial charge in [-0.05, 0) is 159 Å². The maximum atomic E-state index is 14.0. The van der Waals surface area contributed by atoms with Gasteiger partial charge >= 0.3 is 24.7 Å². The fourth-order valence-electron chi connectivity index (χ4n) is 19.2. The van der Waals surface area contributed by atoms with E-state index in [1.54, 1.807) is 19.6 Å². The van der Waals surface area contributed by atoms with Crippen molar-refractivity contribution >= 4 is 29.5 Å². The lowest BCUT2D eigenvalue weighted by molar-refractivity contribution is -0.142. The highest BCUT2D eigenvalue weighted by Crippen LogP contribution is 2.48. The Kier molecular flexibility index (Phi) is 26.0. The number of carbonyl (C=O) groups excluding carboxylic acids is 5. The summed E-state index contributed by atoms with van der Waals surface area (Å²) in [5, 5.41) is 28.3. The molecule has 0 unspecified atom stereocenters. The van der Waals surface area contributed by atoms with Gasteiger partial charge < -0.3 is 24.5 Å². The minimum absolute atomic E-state index is 0.109. The van der Waals surface area contributed by atoms with Crippen LogP contribution < -0.4 is 0 Å². The quantitative estimate of drug-likeness (QED) is 0.0838. The zero-order valence-corrected chi connectivity index (χ0v) is 70.0. The molecule has 21 nitrogen and oxygen atoms in total. The number of aromatic nitrogens is 8. The summed E-state index contributed by atoms with van der Waals surface area (Å²) < 4.78 is 270. The summed E-state index contributed by atoms with van der Waals surface area (Å²) in [6.07, 6.45) is -12.2. The molecule has 690 valence electrons. The molecule has 4 saturated heterocycles. The van der Waals surface area contributed by atoms with Gasteiger partial charge in [0.25, 0.3) is 23.6 Å². The smallest absolute Gasteiger partial charge is 0.337 e. The number of likely N-dealkylation sites (tertiary alicyclic amines) is 4. The molecular weight excluding hydrogens is 1730 g/mol. The minimum Gasteiger partial charge on any atom is -0.337 e. The number of fused-ring (bicyclic) bond motifs is 4. The molecule has 8 aromatic rings. The number of hydrogen-bond donors (Lipinski definition) is 4. The molecule has 4 aromatic heterocycles. The van der Waals surface area contributed by atoms with Crippen molar-refractivity contribution in [3.05, 3.63) is 207 Å². The van der Waals surface area contributed by atoms with E-state index in [4.69, 9.17) is 0 Å². The third kappa shape index (κ3) is 19.4. The summed E-state index contributed by atoms with van der Waals surface area (Å²) >= 11 is 0. The second kappa shape index (κ2) is 36.1. The van der Waals surface area contributed by atoms with Crippen LogP contribution in [0.5, 0.6) is 0 Å². The standard InChI is InChI=1S/C23H27F5N4O.2C22H23F5N4O.C20H19F5N4O2/c1-22(2,3)12-31-10-15-17(11-31)29-30-20(15)21(33)32-8-6-13(7-9-32)14-4-5-16(24)19(25)18(14)23(26,27)28;23-16-4-3-14(18(19(16)24)22(25,26)27)13-5-7-31(8-6-13)21(32)20-15-10-30(9-12-1-2-12)11-17(15)28-29-20;23-16-5-4-14(18(19(16)24)22(25,26)27)12-6-8-30(9-7-12)21(32)20-15-10-31(13-2-1-3-13)11-17(15)28-29-20;1-10(30)29-8-13-15(9-29)26-27-18(13)19(31)28-6-4-11(5-7-28)12-2-3-14(21)17(22)16(12)20(23,24)25/h4-5,13H,6-12H2,1-3H3,(H,29,30);3-4,12-13H,1-2,5-11H2,(H,28,29);4-5,12-13H,1-3,6-11H2,(H,28,29);2-3,11H,4-9H2,1H3,(H,26,27). The van der Waals surface area contributed by atoms with Gasteiger partial charge in [0.1, 0.15) is 0 Å². The van der Waals surface area contributed by atoms with Gasteiger partial charge in [0, 0.05) is 140 Å². The molecule has 0 spiro atoms. The second-order valence-corrected chi connectivity index (χ2v) is 35.9. The average molecular weight is 1820 g/mol. The minimum atomic E-state index is -5.02. The van der Waals surface area contributed by atoms with Gasteiger partial charge in [0.05, 0.1) is 58.1 Å². The number of benzene rings is 4. The van der Waals surface area contributed by atoms with Crippen LogP contribution in [0.25, 0.3) is 0 Å². The van der Waals surface area contributed by atoms with Crippen LogP contribution >= 0.6 is 0 Å². The molecule has 4 aromatic carbocycles. The topological polar surface area (TPSA) is 226 Å². The number of H-pyrrole nitrogens is 4.